The summed E-state index contributed by atoms with van der Waals surface area (Å²) in [7, 11) is 1.69. The van der Waals surface area contributed by atoms with Gasteiger partial charge in [-0.15, -0.1) is 0 Å². The van der Waals surface area contributed by atoms with Crippen molar-refractivity contribution in [2.75, 3.05) is 19.0 Å². The van der Waals surface area contributed by atoms with Crippen molar-refractivity contribution in [1.29, 1.82) is 0 Å². The Labute approximate surface area is 121 Å². The van der Waals surface area contributed by atoms with E-state index >= 15 is 0 Å². The zero-order valence-corrected chi connectivity index (χ0v) is 12.8. The quantitative estimate of drug-likeness (QED) is 0.887. The monoisotopic (exact) mass is 323 g/mol. The van der Waals surface area contributed by atoms with Crippen molar-refractivity contribution in [3.8, 4) is 0 Å². The zero-order valence-electron chi connectivity index (χ0n) is 11.2. The summed E-state index contributed by atoms with van der Waals surface area (Å²) in [5.41, 5.74) is 3.53. The van der Waals surface area contributed by atoms with Crippen molar-refractivity contribution in [3.05, 3.63) is 46.2 Å². The topological polar surface area (TPSA) is 39.1 Å². The van der Waals surface area contributed by atoms with E-state index in [2.05, 4.69) is 51.5 Å². The number of hydrogen-bond acceptors (Lipinski definition) is 3. The number of ether oxygens (including phenoxy) is 1. The number of hydrogen-bond donors (Lipinski definition) is 1. The first-order valence-electron chi connectivity index (χ1n) is 6.19. The smallest absolute Gasteiger partial charge is 0.0729 e. The van der Waals surface area contributed by atoms with Crippen LogP contribution in [-0.4, -0.2) is 23.5 Å². The highest BCUT2D eigenvalue weighted by atomic mass is 79.9. The summed E-state index contributed by atoms with van der Waals surface area (Å²) in [6.45, 7) is 4.34. The fourth-order valence-electron chi connectivity index (χ4n) is 1.78. The minimum atomic E-state index is 0.674. The third-order valence-electron chi connectivity index (χ3n) is 2.88. The molecule has 5 heteroatoms. The van der Waals surface area contributed by atoms with Crippen LogP contribution in [0, 0.1) is 6.92 Å². The number of rotatable bonds is 6. The predicted octanol–water partition coefficient (Wildman–Crippen LogP) is 3.21. The molecule has 4 nitrogen and oxygen atoms in total. The van der Waals surface area contributed by atoms with E-state index < -0.39 is 0 Å². The van der Waals surface area contributed by atoms with Crippen molar-refractivity contribution >= 4 is 21.6 Å². The molecule has 0 fully saturated rings. The molecule has 0 amide bonds. The molecule has 0 saturated carbocycles. The molecule has 0 aliphatic heterocycles. The fourth-order valence-corrected chi connectivity index (χ4v) is 2.03. The highest BCUT2D eigenvalue weighted by Crippen LogP contribution is 2.18. The maximum absolute atomic E-state index is 5.02. The van der Waals surface area contributed by atoms with Crippen LogP contribution in [0.3, 0.4) is 0 Å². The molecule has 0 aliphatic rings. The van der Waals surface area contributed by atoms with Gasteiger partial charge in [0, 0.05) is 24.3 Å². The van der Waals surface area contributed by atoms with E-state index in [9.17, 15) is 0 Å². The molecule has 0 atom stereocenters. The van der Waals surface area contributed by atoms with Crippen LogP contribution in [0.5, 0.6) is 0 Å². The summed E-state index contributed by atoms with van der Waals surface area (Å²) in [5.74, 6) is 0. The van der Waals surface area contributed by atoms with Crippen LogP contribution in [0.15, 0.2) is 35.1 Å². The first kappa shape index (κ1) is 14.1. The second kappa shape index (κ2) is 6.73. The number of nitrogens with one attached hydrogen (secondary N) is 1. The van der Waals surface area contributed by atoms with Gasteiger partial charge in [0.2, 0.25) is 0 Å². The standard InChI is InChI=1S/C14H18BrN3O/c1-11-7-12(3-4-14(11)15)8-16-13-9-17-18(10-13)5-6-19-2/h3-4,7,9-10,16H,5-6,8H2,1-2H3. The van der Waals surface area contributed by atoms with Gasteiger partial charge >= 0.3 is 0 Å². The van der Waals surface area contributed by atoms with E-state index in [0.29, 0.717) is 6.61 Å². The molecular weight excluding hydrogens is 306 g/mol. The molecule has 1 heterocycles. The molecule has 0 aliphatic carbocycles. The molecule has 2 aromatic rings. The summed E-state index contributed by atoms with van der Waals surface area (Å²) in [5, 5.41) is 7.63. The van der Waals surface area contributed by atoms with Crippen LogP contribution in [0.4, 0.5) is 5.69 Å². The Balaban J connectivity index is 1.91. The lowest BCUT2D eigenvalue weighted by Gasteiger charge is -2.06. The van der Waals surface area contributed by atoms with E-state index in [-0.39, 0.29) is 0 Å². The maximum atomic E-state index is 5.02. The van der Waals surface area contributed by atoms with Gasteiger partial charge in [-0.05, 0) is 24.1 Å². The van der Waals surface area contributed by atoms with Gasteiger partial charge in [-0.25, -0.2) is 0 Å². The fraction of sp³-hybridized carbons (Fsp3) is 0.357. The first-order valence-corrected chi connectivity index (χ1v) is 6.98. The number of halogens is 1. The van der Waals surface area contributed by atoms with E-state index in [1.54, 1.807) is 7.11 Å². The SMILES string of the molecule is COCCn1cc(NCc2ccc(Br)c(C)c2)cn1. The van der Waals surface area contributed by atoms with Crippen molar-refractivity contribution in [1.82, 2.24) is 9.78 Å². The Hall–Kier alpha value is -1.33. The molecule has 0 radical (unpaired) electrons. The van der Waals surface area contributed by atoms with Crippen molar-refractivity contribution < 1.29 is 4.74 Å². The van der Waals surface area contributed by atoms with Crippen LogP contribution < -0.4 is 5.32 Å². The van der Waals surface area contributed by atoms with Crippen molar-refractivity contribution in [2.45, 2.75) is 20.0 Å². The van der Waals surface area contributed by atoms with Crippen LogP contribution in [0.25, 0.3) is 0 Å². The second-order valence-corrected chi connectivity index (χ2v) is 5.28. The average Bonchev–Trinajstić information content (AvgIpc) is 2.86. The van der Waals surface area contributed by atoms with Gasteiger partial charge in [-0.3, -0.25) is 4.68 Å². The second-order valence-electron chi connectivity index (χ2n) is 4.42. The Bertz CT molecular complexity index is 539. The van der Waals surface area contributed by atoms with Crippen molar-refractivity contribution in [3.63, 3.8) is 0 Å². The predicted molar refractivity (Wildman–Crippen MR) is 80.3 cm³/mol. The van der Waals surface area contributed by atoms with E-state index in [1.807, 2.05) is 17.1 Å². The van der Waals surface area contributed by atoms with Gasteiger partial charge in [-0.2, -0.15) is 5.10 Å². The zero-order chi connectivity index (χ0) is 13.7. The van der Waals surface area contributed by atoms with Crippen LogP contribution in [-0.2, 0) is 17.8 Å². The minimum Gasteiger partial charge on any atom is -0.383 e. The Kier molecular flexibility index (Phi) is 4.99. The lowest BCUT2D eigenvalue weighted by molar-refractivity contribution is 0.183. The van der Waals surface area contributed by atoms with Crippen molar-refractivity contribution in [2.24, 2.45) is 0 Å². The lowest BCUT2D eigenvalue weighted by atomic mass is 10.1. The molecule has 1 aromatic carbocycles. The van der Waals surface area contributed by atoms with Gasteiger partial charge in [0.1, 0.15) is 0 Å². The summed E-state index contributed by atoms with van der Waals surface area (Å²) in [6, 6.07) is 6.36. The van der Waals surface area contributed by atoms with E-state index in [4.69, 9.17) is 4.74 Å². The number of benzene rings is 1. The molecule has 2 rings (SSSR count). The number of methoxy groups -OCH3 is 1. The molecule has 0 spiro atoms. The largest absolute Gasteiger partial charge is 0.383 e. The molecule has 0 bridgehead atoms. The Morgan fingerprint density at radius 2 is 2.26 bits per heavy atom. The van der Waals surface area contributed by atoms with E-state index in [1.165, 1.54) is 11.1 Å². The maximum Gasteiger partial charge on any atom is 0.0729 e. The van der Waals surface area contributed by atoms with Crippen LogP contribution >= 0.6 is 15.9 Å². The summed E-state index contributed by atoms with van der Waals surface area (Å²) in [6.07, 6.45) is 3.83. The first-order chi connectivity index (χ1) is 9.19. The summed E-state index contributed by atoms with van der Waals surface area (Å²) >= 11 is 3.51. The summed E-state index contributed by atoms with van der Waals surface area (Å²) < 4.78 is 8.04. The molecule has 102 valence electrons. The van der Waals surface area contributed by atoms with Gasteiger partial charge in [0.25, 0.3) is 0 Å². The molecule has 19 heavy (non-hydrogen) atoms. The Morgan fingerprint density at radius 1 is 1.42 bits per heavy atom. The van der Waals surface area contributed by atoms with Gasteiger partial charge < -0.3 is 10.1 Å². The van der Waals surface area contributed by atoms with Crippen LogP contribution in [0.1, 0.15) is 11.1 Å². The highest BCUT2D eigenvalue weighted by molar-refractivity contribution is 9.10. The molecule has 0 unspecified atom stereocenters. The number of aromatic nitrogens is 2. The highest BCUT2D eigenvalue weighted by Gasteiger charge is 2.00. The number of aryl methyl sites for hydroxylation is 1. The molecule has 0 saturated heterocycles. The molecular formula is C14H18BrN3O. The number of nitrogens with zero attached hydrogens (tertiary/aromatic N) is 2. The third-order valence-corrected chi connectivity index (χ3v) is 3.77. The van der Waals surface area contributed by atoms with Gasteiger partial charge in [0.15, 0.2) is 0 Å². The third kappa shape index (κ3) is 4.08. The molecule has 1 aromatic heterocycles. The molecule has 1 N–H and O–H groups in total. The van der Waals surface area contributed by atoms with Gasteiger partial charge in [-0.1, -0.05) is 28.1 Å². The number of anilines is 1. The Morgan fingerprint density at radius 3 is 3.00 bits per heavy atom. The minimum absolute atomic E-state index is 0.674. The van der Waals surface area contributed by atoms with Crippen LogP contribution in [0.2, 0.25) is 0 Å². The van der Waals surface area contributed by atoms with Gasteiger partial charge in [0.05, 0.1) is 25.0 Å². The lowest BCUT2D eigenvalue weighted by Crippen LogP contribution is -2.04. The average molecular weight is 324 g/mol. The normalized spacial score (nSPS) is 10.7. The summed E-state index contributed by atoms with van der Waals surface area (Å²) in [4.78, 5) is 0. The van der Waals surface area contributed by atoms with E-state index in [0.717, 1.165) is 23.2 Å².